The van der Waals surface area contributed by atoms with Gasteiger partial charge >= 0.3 is 5.97 Å². The first kappa shape index (κ1) is 19.9. The summed E-state index contributed by atoms with van der Waals surface area (Å²) < 4.78 is 32.3. The highest BCUT2D eigenvalue weighted by molar-refractivity contribution is 7.89. The molecule has 0 saturated carbocycles. The van der Waals surface area contributed by atoms with Crippen molar-refractivity contribution in [1.82, 2.24) is 10.0 Å². The Morgan fingerprint density at radius 1 is 1.25 bits per heavy atom. The van der Waals surface area contributed by atoms with Crippen LogP contribution in [0, 0.1) is 5.92 Å². The van der Waals surface area contributed by atoms with E-state index in [0.717, 1.165) is 0 Å². The molecule has 0 aliphatic rings. The van der Waals surface area contributed by atoms with E-state index in [9.17, 15) is 23.1 Å². The number of carboxylic acid groups (broad SMARTS) is 1. The second-order valence-corrected chi connectivity index (χ2v) is 7.24. The van der Waals surface area contributed by atoms with E-state index >= 15 is 0 Å². The molecule has 0 heterocycles. The van der Waals surface area contributed by atoms with Crippen molar-refractivity contribution < 1.29 is 27.9 Å². The fourth-order valence-corrected chi connectivity index (χ4v) is 3.61. The number of sulfonamides is 1. The van der Waals surface area contributed by atoms with Gasteiger partial charge in [0, 0.05) is 7.05 Å². The second-order valence-electron chi connectivity index (χ2n) is 5.56. The lowest BCUT2D eigenvalue weighted by Crippen LogP contribution is -2.59. The van der Waals surface area contributed by atoms with E-state index in [2.05, 4.69) is 10.0 Å². The van der Waals surface area contributed by atoms with Gasteiger partial charge in [-0.2, -0.15) is 4.72 Å². The van der Waals surface area contributed by atoms with Crippen molar-refractivity contribution in [2.75, 3.05) is 14.2 Å². The molecule has 3 N–H and O–H groups in total. The minimum absolute atomic E-state index is 0.119. The van der Waals surface area contributed by atoms with Crippen LogP contribution in [0.25, 0.3) is 0 Å². The van der Waals surface area contributed by atoms with Crippen LogP contribution in [0.5, 0.6) is 5.75 Å². The lowest BCUT2D eigenvalue weighted by Gasteiger charge is -2.33. The van der Waals surface area contributed by atoms with Gasteiger partial charge in [-0.15, -0.1) is 0 Å². The van der Waals surface area contributed by atoms with Crippen LogP contribution in [0.15, 0.2) is 29.2 Å². The number of rotatable bonds is 8. The summed E-state index contributed by atoms with van der Waals surface area (Å²) in [6.45, 7) is 3.07. The van der Waals surface area contributed by atoms with Crippen molar-refractivity contribution in [2.45, 2.75) is 30.7 Å². The van der Waals surface area contributed by atoms with Crippen LogP contribution in [0.2, 0.25) is 0 Å². The molecule has 9 heteroatoms. The van der Waals surface area contributed by atoms with Crippen LogP contribution in [0.3, 0.4) is 0 Å². The molecular formula is C15H22N2O6S. The van der Waals surface area contributed by atoms with Crippen molar-refractivity contribution in [2.24, 2.45) is 5.92 Å². The van der Waals surface area contributed by atoms with Gasteiger partial charge in [0.2, 0.25) is 15.9 Å². The number of carbonyl (C=O) groups is 2. The van der Waals surface area contributed by atoms with Gasteiger partial charge in [0.15, 0.2) is 0 Å². The Hall–Kier alpha value is -2.13. The largest absolute Gasteiger partial charge is 0.497 e. The quantitative estimate of drug-likeness (QED) is 0.625. The van der Waals surface area contributed by atoms with Gasteiger partial charge < -0.3 is 15.2 Å². The Labute approximate surface area is 141 Å². The number of carboxylic acids is 1. The maximum Gasteiger partial charge on any atom is 0.325 e. The molecule has 0 aromatic heterocycles. The molecule has 1 aromatic rings. The normalized spacial score (nSPS) is 14.0. The minimum atomic E-state index is -4.15. The van der Waals surface area contributed by atoms with E-state index in [0.29, 0.717) is 5.75 Å². The zero-order valence-corrected chi connectivity index (χ0v) is 14.8. The number of hydrogen-bond acceptors (Lipinski definition) is 5. The Morgan fingerprint density at radius 3 is 2.17 bits per heavy atom. The predicted octanol–water partition coefficient (Wildman–Crippen LogP) is 0.589. The van der Waals surface area contributed by atoms with Gasteiger partial charge in [-0.1, -0.05) is 13.8 Å². The van der Waals surface area contributed by atoms with Crippen LogP contribution < -0.4 is 14.8 Å². The molecule has 0 spiro atoms. The van der Waals surface area contributed by atoms with E-state index in [1.54, 1.807) is 0 Å². The molecule has 0 radical (unpaired) electrons. The van der Waals surface area contributed by atoms with Gasteiger partial charge in [0.25, 0.3) is 0 Å². The number of ether oxygens (including phenoxy) is 1. The molecule has 0 aliphatic carbocycles. The number of methoxy groups -OCH3 is 1. The summed E-state index contributed by atoms with van der Waals surface area (Å²) in [6, 6.07) is 5.50. The zero-order valence-electron chi connectivity index (χ0n) is 14.0. The van der Waals surface area contributed by atoms with Crippen LogP contribution >= 0.6 is 0 Å². The van der Waals surface area contributed by atoms with Gasteiger partial charge in [0.1, 0.15) is 11.3 Å². The zero-order chi connectivity index (χ0) is 18.5. The summed E-state index contributed by atoms with van der Waals surface area (Å²) in [4.78, 5) is 23.4. The summed E-state index contributed by atoms with van der Waals surface area (Å²) in [5.41, 5.74) is -1.96. The van der Waals surface area contributed by atoms with Crippen molar-refractivity contribution >= 4 is 21.9 Å². The standard InChI is InChI=1S/C15H22N2O6S/c1-10(2)15(14(19)20,9-13(18)16-3)17-24(21,22)12-7-5-11(23-4)6-8-12/h5-8,10,17H,9H2,1-4H3,(H,16,18)(H,19,20). The maximum absolute atomic E-state index is 12.6. The lowest BCUT2D eigenvalue weighted by molar-refractivity contribution is -0.148. The SMILES string of the molecule is CNC(=O)CC(NS(=O)(=O)c1ccc(OC)cc1)(C(=O)O)C(C)C. The van der Waals surface area contributed by atoms with E-state index in [1.165, 1.54) is 52.3 Å². The molecule has 0 fully saturated rings. The van der Waals surface area contributed by atoms with Crippen LogP contribution in [-0.4, -0.2) is 45.1 Å². The molecule has 1 atom stereocenters. The lowest BCUT2D eigenvalue weighted by atomic mass is 9.84. The van der Waals surface area contributed by atoms with Crippen molar-refractivity contribution in [3.8, 4) is 5.75 Å². The number of benzene rings is 1. The fourth-order valence-electron chi connectivity index (χ4n) is 2.12. The molecule has 1 aromatic carbocycles. The third-order valence-corrected chi connectivity index (χ3v) is 5.30. The Balaban J connectivity index is 3.29. The Kier molecular flexibility index (Phi) is 6.33. The van der Waals surface area contributed by atoms with Crippen molar-refractivity contribution in [1.29, 1.82) is 0 Å². The Bertz CT molecular complexity index is 699. The topological polar surface area (TPSA) is 122 Å². The van der Waals surface area contributed by atoms with Crippen LogP contribution in [0.4, 0.5) is 0 Å². The van der Waals surface area contributed by atoms with Gasteiger partial charge in [-0.25, -0.2) is 8.42 Å². The molecule has 1 amide bonds. The van der Waals surface area contributed by atoms with Gasteiger partial charge in [-0.3, -0.25) is 9.59 Å². The van der Waals surface area contributed by atoms with Crippen LogP contribution in [0.1, 0.15) is 20.3 Å². The average Bonchev–Trinajstić information content (AvgIpc) is 2.53. The van der Waals surface area contributed by atoms with Crippen molar-refractivity contribution in [3.05, 3.63) is 24.3 Å². The van der Waals surface area contributed by atoms with E-state index in [1.807, 2.05) is 0 Å². The summed E-state index contributed by atoms with van der Waals surface area (Å²) in [5.74, 6) is -2.20. The number of nitrogens with one attached hydrogen (secondary N) is 2. The van der Waals surface area contributed by atoms with E-state index in [-0.39, 0.29) is 4.90 Å². The molecule has 8 nitrogen and oxygen atoms in total. The first-order valence-corrected chi connectivity index (χ1v) is 8.69. The molecule has 24 heavy (non-hydrogen) atoms. The molecule has 1 unspecified atom stereocenters. The highest BCUT2D eigenvalue weighted by Crippen LogP contribution is 2.26. The van der Waals surface area contributed by atoms with Crippen LogP contribution in [-0.2, 0) is 19.6 Å². The summed E-state index contributed by atoms with van der Waals surface area (Å²) >= 11 is 0. The maximum atomic E-state index is 12.6. The first-order chi connectivity index (χ1) is 11.1. The van der Waals surface area contributed by atoms with E-state index in [4.69, 9.17) is 4.74 Å². The predicted molar refractivity (Wildman–Crippen MR) is 87.2 cm³/mol. The highest BCUT2D eigenvalue weighted by atomic mass is 32.2. The van der Waals surface area contributed by atoms with E-state index < -0.39 is 39.8 Å². The average molecular weight is 358 g/mol. The summed E-state index contributed by atoms with van der Waals surface area (Å²) in [5, 5.41) is 11.9. The third kappa shape index (κ3) is 4.24. The number of hydrogen-bond donors (Lipinski definition) is 3. The molecule has 134 valence electrons. The molecule has 0 aliphatic heterocycles. The minimum Gasteiger partial charge on any atom is -0.497 e. The van der Waals surface area contributed by atoms with Crippen molar-refractivity contribution in [3.63, 3.8) is 0 Å². The summed E-state index contributed by atoms with van der Waals surface area (Å²) in [6.07, 6.45) is -0.522. The highest BCUT2D eigenvalue weighted by Gasteiger charge is 2.47. The molecule has 0 bridgehead atoms. The molecular weight excluding hydrogens is 336 g/mol. The number of carbonyl (C=O) groups excluding carboxylic acids is 1. The number of aliphatic carboxylic acids is 1. The first-order valence-electron chi connectivity index (χ1n) is 7.21. The van der Waals surface area contributed by atoms with Gasteiger partial charge in [0.05, 0.1) is 18.4 Å². The Morgan fingerprint density at radius 2 is 1.79 bits per heavy atom. The fraction of sp³-hybridized carbons (Fsp3) is 0.467. The third-order valence-electron chi connectivity index (χ3n) is 3.77. The second kappa shape index (κ2) is 7.63. The number of amides is 1. The smallest absolute Gasteiger partial charge is 0.325 e. The van der Waals surface area contributed by atoms with Gasteiger partial charge in [-0.05, 0) is 30.2 Å². The molecule has 1 rings (SSSR count). The monoisotopic (exact) mass is 358 g/mol. The molecule has 0 saturated heterocycles. The summed E-state index contributed by atoms with van der Waals surface area (Å²) in [7, 11) is -1.35.